The fraction of sp³-hybridized carbons (Fsp3) is 0. The molecule has 4 aromatic carbocycles. The van der Waals surface area contributed by atoms with Crippen molar-refractivity contribution < 1.29 is 10.2 Å². The quantitative estimate of drug-likeness (QED) is 0.151. The van der Waals surface area contributed by atoms with Gasteiger partial charge in [-0.15, -0.1) is 20.7 Å². The third-order valence-electron chi connectivity index (χ3n) is 5.37. The van der Waals surface area contributed by atoms with E-state index >= 15 is 0 Å². The number of phenols is 2. The highest BCUT2D eigenvalue weighted by Crippen LogP contribution is 2.72. The predicted octanol–water partition coefficient (Wildman–Crippen LogP) is 6.22. The number of thiol groups is 1. The van der Waals surface area contributed by atoms with E-state index in [0.717, 1.165) is 25.7 Å². The van der Waals surface area contributed by atoms with Crippen LogP contribution < -0.4 is 5.43 Å². The van der Waals surface area contributed by atoms with Gasteiger partial charge in [0, 0.05) is 36.5 Å². The molecule has 5 rings (SSSR count). The number of aromatic amines is 1. The van der Waals surface area contributed by atoms with Gasteiger partial charge in [-0.2, -0.15) is 0 Å². The number of fused-ring (bicyclic) bond motifs is 2. The molecule has 0 saturated heterocycles. The van der Waals surface area contributed by atoms with Crippen LogP contribution in [0, 0.1) is 0 Å². The van der Waals surface area contributed by atoms with Crippen LogP contribution in [0.25, 0.3) is 21.8 Å². The van der Waals surface area contributed by atoms with E-state index in [0.29, 0.717) is 10.8 Å². The lowest BCUT2D eigenvalue weighted by molar-refractivity contribution is 0.474. The van der Waals surface area contributed by atoms with Gasteiger partial charge in [0.2, 0.25) is 0 Å². The molecule has 0 bridgehead atoms. The molecule has 0 atom stereocenters. The Kier molecular flexibility index (Phi) is 4.68. The Labute approximate surface area is 184 Å². The van der Waals surface area contributed by atoms with E-state index in [1.165, 1.54) is 0 Å². The van der Waals surface area contributed by atoms with Crippen LogP contribution in [0.3, 0.4) is 0 Å². The summed E-state index contributed by atoms with van der Waals surface area (Å²) in [5.74, 6) is 0.344. The minimum absolute atomic E-state index is 0.0299. The topological polar surface area (TPSA) is 73.3 Å². The highest BCUT2D eigenvalue weighted by Gasteiger charge is 2.28. The maximum atomic E-state index is 13.2. The lowest BCUT2D eigenvalue weighted by Crippen LogP contribution is -2.05. The minimum Gasteiger partial charge on any atom is -0.508 e. The minimum atomic E-state index is -2.05. The number of aromatic nitrogens is 1. The van der Waals surface area contributed by atoms with Crippen molar-refractivity contribution in [2.75, 3.05) is 0 Å². The first kappa shape index (κ1) is 19.6. The van der Waals surface area contributed by atoms with Gasteiger partial charge in [0.1, 0.15) is 11.5 Å². The Morgan fingerprint density at radius 1 is 0.645 bits per heavy atom. The van der Waals surface area contributed by atoms with Crippen LogP contribution in [-0.4, -0.2) is 15.2 Å². The Morgan fingerprint density at radius 3 is 1.77 bits per heavy atom. The molecular formula is C25H19NO3S2. The first-order valence-corrected chi connectivity index (χ1v) is 12.3. The average molecular weight is 446 g/mol. The van der Waals surface area contributed by atoms with Gasteiger partial charge in [0.05, 0.1) is 0 Å². The summed E-state index contributed by atoms with van der Waals surface area (Å²) in [6.07, 6.45) is 0. The van der Waals surface area contributed by atoms with E-state index in [9.17, 15) is 15.0 Å². The molecule has 0 unspecified atom stereocenters. The third kappa shape index (κ3) is 3.24. The Hall–Kier alpha value is -3.35. The lowest BCUT2D eigenvalue weighted by atomic mass is 10.1. The number of nitrogens with one attached hydrogen (secondary N) is 1. The maximum Gasteiger partial charge on any atom is 0.197 e. The molecular weight excluding hydrogens is 426 g/mol. The van der Waals surface area contributed by atoms with Gasteiger partial charge in [0.15, 0.2) is 5.43 Å². The molecule has 4 nitrogen and oxygen atoms in total. The van der Waals surface area contributed by atoms with E-state index in [1.54, 1.807) is 24.3 Å². The monoisotopic (exact) mass is 445 g/mol. The van der Waals surface area contributed by atoms with Gasteiger partial charge in [-0.3, -0.25) is 4.79 Å². The van der Waals surface area contributed by atoms with Gasteiger partial charge in [0.25, 0.3) is 0 Å². The molecule has 0 amide bonds. The number of hydrogen-bond acceptors (Lipinski definition) is 4. The first-order valence-electron chi connectivity index (χ1n) is 9.65. The SMILES string of the molecule is O=c1c2ccccc2[nH]c2ccc(S(S)(c3ccc(O)cc3)c3ccc(O)cc3)cc12. The molecule has 5 aromatic rings. The predicted molar refractivity (Wildman–Crippen MR) is 130 cm³/mol. The van der Waals surface area contributed by atoms with Crippen LogP contribution in [0.2, 0.25) is 0 Å². The van der Waals surface area contributed by atoms with Gasteiger partial charge in [-0.1, -0.05) is 12.1 Å². The Balaban J connectivity index is 1.80. The van der Waals surface area contributed by atoms with Crippen molar-refractivity contribution in [3.05, 3.63) is 101 Å². The standard InChI is InChI=1S/C25H19NO3S2/c27-16-5-9-18(10-6-16)31(30,19-11-7-17(28)8-12-19)20-13-14-24-22(15-20)25(29)21-3-1-2-4-23(21)26-24/h1-15,27-28,30H,(H,26,29). The summed E-state index contributed by atoms with van der Waals surface area (Å²) in [4.78, 5) is 19.3. The van der Waals surface area contributed by atoms with Gasteiger partial charge < -0.3 is 15.2 Å². The van der Waals surface area contributed by atoms with E-state index < -0.39 is 9.06 Å². The molecule has 0 spiro atoms. The molecule has 6 heteroatoms. The summed E-state index contributed by atoms with van der Waals surface area (Å²) in [6, 6.07) is 27.2. The molecule has 0 radical (unpaired) electrons. The Bertz CT molecular complexity index is 1430. The first-order chi connectivity index (χ1) is 15.0. The van der Waals surface area contributed by atoms with E-state index in [-0.39, 0.29) is 16.9 Å². The fourth-order valence-electron chi connectivity index (χ4n) is 3.78. The van der Waals surface area contributed by atoms with Crippen LogP contribution >= 0.6 is 20.7 Å². The molecule has 0 aliphatic carbocycles. The second kappa shape index (κ2) is 7.41. The summed E-state index contributed by atoms with van der Waals surface area (Å²) < 4.78 is 0. The molecule has 0 aliphatic rings. The largest absolute Gasteiger partial charge is 0.508 e. The van der Waals surface area contributed by atoms with Crippen LogP contribution in [0.4, 0.5) is 0 Å². The van der Waals surface area contributed by atoms with Crippen molar-refractivity contribution in [1.82, 2.24) is 4.98 Å². The maximum absolute atomic E-state index is 13.2. The summed E-state index contributed by atoms with van der Waals surface area (Å²) in [5.41, 5.74) is 1.53. The highest BCUT2D eigenvalue weighted by molar-refractivity contribution is 8.88. The van der Waals surface area contributed by atoms with Crippen molar-refractivity contribution in [1.29, 1.82) is 0 Å². The molecule has 0 saturated carbocycles. The van der Waals surface area contributed by atoms with Gasteiger partial charge in [-0.05, 0) is 78.9 Å². The van der Waals surface area contributed by atoms with Crippen molar-refractivity contribution in [2.24, 2.45) is 0 Å². The molecule has 0 aliphatic heterocycles. The number of para-hydroxylation sites is 1. The number of phenolic OH excluding ortho intramolecular Hbond substituents is 2. The molecule has 31 heavy (non-hydrogen) atoms. The van der Waals surface area contributed by atoms with E-state index in [1.807, 2.05) is 66.7 Å². The molecule has 154 valence electrons. The van der Waals surface area contributed by atoms with Crippen molar-refractivity contribution >= 4 is 42.5 Å². The summed E-state index contributed by atoms with van der Waals surface area (Å²) in [6.45, 7) is 0. The van der Waals surface area contributed by atoms with Crippen molar-refractivity contribution in [3.8, 4) is 11.5 Å². The van der Waals surface area contributed by atoms with Gasteiger partial charge in [-0.25, -0.2) is 0 Å². The second-order valence-corrected chi connectivity index (χ2v) is 11.5. The zero-order valence-corrected chi connectivity index (χ0v) is 18.0. The highest BCUT2D eigenvalue weighted by atomic mass is 33.1. The number of pyridine rings is 1. The van der Waals surface area contributed by atoms with Crippen LogP contribution in [0.1, 0.15) is 0 Å². The fourth-order valence-corrected chi connectivity index (χ4v) is 7.28. The van der Waals surface area contributed by atoms with Crippen LogP contribution in [-0.2, 0) is 0 Å². The zero-order valence-electron chi connectivity index (χ0n) is 16.3. The number of hydrogen-bond donors (Lipinski definition) is 4. The van der Waals surface area contributed by atoms with Crippen LogP contribution in [0.5, 0.6) is 11.5 Å². The van der Waals surface area contributed by atoms with Crippen LogP contribution in [0.15, 0.2) is 110 Å². The molecule has 1 aromatic heterocycles. The zero-order chi connectivity index (χ0) is 21.6. The smallest absolute Gasteiger partial charge is 0.197 e. The number of H-pyrrole nitrogens is 1. The van der Waals surface area contributed by atoms with E-state index in [2.05, 4.69) is 4.98 Å². The van der Waals surface area contributed by atoms with Crippen molar-refractivity contribution in [2.45, 2.75) is 14.7 Å². The Morgan fingerprint density at radius 2 is 1.16 bits per heavy atom. The van der Waals surface area contributed by atoms with E-state index in [4.69, 9.17) is 11.7 Å². The number of rotatable bonds is 3. The number of benzene rings is 4. The molecule has 3 N–H and O–H groups in total. The molecule has 0 fully saturated rings. The second-order valence-electron chi connectivity index (χ2n) is 7.27. The van der Waals surface area contributed by atoms with Gasteiger partial charge >= 0.3 is 0 Å². The summed E-state index contributed by atoms with van der Waals surface area (Å²) >= 11 is 5.20. The van der Waals surface area contributed by atoms with Crippen molar-refractivity contribution in [3.63, 3.8) is 0 Å². The normalized spacial score (nSPS) is 12.3. The summed E-state index contributed by atoms with van der Waals surface area (Å²) in [7, 11) is -2.05. The average Bonchev–Trinajstić information content (AvgIpc) is 2.79. The summed E-state index contributed by atoms with van der Waals surface area (Å²) in [5, 5.41) is 20.8. The third-order valence-corrected chi connectivity index (χ3v) is 10.1. The lowest BCUT2D eigenvalue weighted by Gasteiger charge is -2.36. The number of aromatic hydroxyl groups is 2. The molecule has 1 heterocycles.